The summed E-state index contributed by atoms with van der Waals surface area (Å²) in [5.74, 6) is 0.294. The highest BCUT2D eigenvalue weighted by Gasteiger charge is 2.21. The third kappa shape index (κ3) is 12.0. The predicted octanol–water partition coefficient (Wildman–Crippen LogP) is 2.95. The van der Waals surface area contributed by atoms with Crippen LogP contribution in [0.4, 0.5) is 0 Å². The summed E-state index contributed by atoms with van der Waals surface area (Å²) < 4.78 is 65.3. The summed E-state index contributed by atoms with van der Waals surface area (Å²) in [6, 6.07) is 12.2. The zero-order valence-corrected chi connectivity index (χ0v) is 26.5. The minimum Gasteiger partial charge on any atom is -0.508 e. The molecule has 0 radical (unpaired) electrons. The second-order valence-electron chi connectivity index (χ2n) is 9.83. The number of hydrogen-bond acceptors (Lipinski definition) is 14. The molecule has 1 heterocycles. The summed E-state index contributed by atoms with van der Waals surface area (Å²) in [6.45, 7) is 3.80. The third-order valence-electron chi connectivity index (χ3n) is 6.33. The quantitative estimate of drug-likeness (QED) is 0.138. The highest BCUT2D eigenvalue weighted by atomic mass is 32.2. The lowest BCUT2D eigenvalue weighted by atomic mass is 10.2. The van der Waals surface area contributed by atoms with Crippen molar-refractivity contribution in [1.29, 1.82) is 0 Å². The monoisotopic (exact) mass is 674 g/mol. The number of hydrogen-bond donors (Lipinski definition) is 3. The zero-order valence-electron chi connectivity index (χ0n) is 25.7. The molecule has 1 aliphatic rings. The van der Waals surface area contributed by atoms with Crippen molar-refractivity contribution >= 4 is 22.5 Å². The molecular weight excluding hydrogens is 636 g/mol. The van der Waals surface area contributed by atoms with E-state index >= 15 is 0 Å². The molecule has 0 aromatic heterocycles. The van der Waals surface area contributed by atoms with Gasteiger partial charge < -0.3 is 47.9 Å². The third-order valence-corrected chi connectivity index (χ3v) is 7.57. The molecule has 254 valence electrons. The molecule has 0 unspecified atom stereocenters. The number of aliphatic imine (C=N–C) groups is 2. The van der Waals surface area contributed by atoms with Gasteiger partial charge >= 0.3 is 10.1 Å². The highest BCUT2D eigenvalue weighted by Crippen LogP contribution is 2.32. The average Bonchev–Trinajstić information content (AvgIpc) is 3.05. The van der Waals surface area contributed by atoms with Gasteiger partial charge in [-0.15, -0.1) is 0 Å². The Hall–Kier alpha value is -4.41. The summed E-state index contributed by atoms with van der Waals surface area (Å²) >= 11 is 0. The van der Waals surface area contributed by atoms with Crippen LogP contribution in [-0.2, 0) is 29.1 Å². The van der Waals surface area contributed by atoms with Crippen LogP contribution < -0.4 is 13.7 Å². The van der Waals surface area contributed by atoms with Crippen molar-refractivity contribution in [1.82, 2.24) is 0 Å². The molecule has 1 aliphatic heterocycles. The number of fused-ring (bicyclic) bond motifs is 1. The van der Waals surface area contributed by atoms with E-state index in [0.717, 1.165) is 0 Å². The van der Waals surface area contributed by atoms with E-state index in [0.29, 0.717) is 51.0 Å². The van der Waals surface area contributed by atoms with E-state index in [-0.39, 0.29) is 78.7 Å². The van der Waals surface area contributed by atoms with Gasteiger partial charge in [0.05, 0.1) is 65.9 Å². The molecule has 0 saturated heterocycles. The fourth-order valence-corrected chi connectivity index (χ4v) is 4.95. The first kappa shape index (κ1) is 35.4. The van der Waals surface area contributed by atoms with E-state index in [4.69, 9.17) is 32.6 Å². The van der Waals surface area contributed by atoms with E-state index in [1.165, 1.54) is 67.0 Å². The van der Waals surface area contributed by atoms with Crippen LogP contribution in [0.15, 0.2) is 69.5 Å². The minimum absolute atomic E-state index is 0.00146. The SMILES string of the molecule is O=S(=O)(Oc1ccc(O)c(C=NCCN=Cc2cc(O)ccc2O)c1)c1ccc2c(c1)OCCOCCOCCOCCOCCO2. The highest BCUT2D eigenvalue weighted by molar-refractivity contribution is 7.87. The Morgan fingerprint density at radius 3 is 1.72 bits per heavy atom. The minimum atomic E-state index is -4.32. The molecule has 15 heteroatoms. The van der Waals surface area contributed by atoms with Gasteiger partial charge in [0.2, 0.25) is 0 Å². The zero-order chi connectivity index (χ0) is 33.3. The Morgan fingerprint density at radius 1 is 0.617 bits per heavy atom. The van der Waals surface area contributed by atoms with Crippen LogP contribution in [0.2, 0.25) is 0 Å². The molecule has 0 amide bonds. The van der Waals surface area contributed by atoms with E-state index < -0.39 is 10.1 Å². The maximum atomic E-state index is 13.2. The smallest absolute Gasteiger partial charge is 0.339 e. The fourth-order valence-electron chi connectivity index (χ4n) is 4.01. The van der Waals surface area contributed by atoms with Gasteiger partial charge in [0, 0.05) is 29.6 Å². The van der Waals surface area contributed by atoms with Gasteiger partial charge in [-0.3, -0.25) is 9.98 Å². The van der Waals surface area contributed by atoms with Gasteiger partial charge in [-0.25, -0.2) is 0 Å². The number of rotatable bonds is 8. The van der Waals surface area contributed by atoms with Gasteiger partial charge in [0.1, 0.15) is 41.1 Å². The normalized spacial score (nSPS) is 16.1. The standard InChI is InChI=1S/C32H38N2O12S/c35-26-1-4-29(36)24(19-26)22-33-7-8-34-23-25-20-27(2-5-30(25)37)46-47(38,39)28-3-6-31-32(21-28)45-18-16-43-14-12-41-10-9-40-11-13-42-15-17-44-31/h1-6,19-23,35-37H,7-18H2. The Morgan fingerprint density at radius 2 is 1.13 bits per heavy atom. The van der Waals surface area contributed by atoms with Gasteiger partial charge in [-0.1, -0.05) is 0 Å². The molecule has 0 spiro atoms. The fraction of sp³-hybridized carbons (Fsp3) is 0.375. The summed E-state index contributed by atoms with van der Waals surface area (Å²) in [7, 11) is -4.32. The van der Waals surface area contributed by atoms with Gasteiger partial charge in [0.25, 0.3) is 0 Å². The van der Waals surface area contributed by atoms with Crippen molar-refractivity contribution in [3.8, 4) is 34.5 Å². The molecular formula is C32H38N2O12S. The Kier molecular flexibility index (Phi) is 14.1. The van der Waals surface area contributed by atoms with Crippen LogP contribution in [0, 0.1) is 0 Å². The van der Waals surface area contributed by atoms with Crippen LogP contribution in [0.3, 0.4) is 0 Å². The number of phenols is 3. The van der Waals surface area contributed by atoms with Crippen molar-refractivity contribution in [2.45, 2.75) is 4.90 Å². The molecule has 0 atom stereocenters. The first-order valence-corrected chi connectivity index (χ1v) is 16.2. The van der Waals surface area contributed by atoms with Crippen molar-refractivity contribution in [2.75, 3.05) is 79.2 Å². The molecule has 14 nitrogen and oxygen atoms in total. The lowest BCUT2D eigenvalue weighted by Gasteiger charge is -2.15. The Labute approximate surface area is 272 Å². The van der Waals surface area contributed by atoms with E-state index in [9.17, 15) is 23.7 Å². The largest absolute Gasteiger partial charge is 0.508 e. The molecule has 3 N–H and O–H groups in total. The topological polar surface area (TPSA) is 184 Å². The molecule has 0 saturated carbocycles. The van der Waals surface area contributed by atoms with Crippen LogP contribution in [-0.4, -0.2) is 115 Å². The number of phenolic OH excluding ortho intramolecular Hbond substituents is 3. The second-order valence-corrected chi connectivity index (χ2v) is 11.4. The maximum Gasteiger partial charge on any atom is 0.339 e. The molecule has 47 heavy (non-hydrogen) atoms. The van der Waals surface area contributed by atoms with Crippen molar-refractivity contribution in [3.63, 3.8) is 0 Å². The molecule has 0 aliphatic carbocycles. The van der Waals surface area contributed by atoms with Crippen LogP contribution in [0.25, 0.3) is 0 Å². The first-order chi connectivity index (χ1) is 22.8. The summed E-state index contributed by atoms with van der Waals surface area (Å²) in [4.78, 5) is 8.20. The van der Waals surface area contributed by atoms with Crippen LogP contribution in [0.1, 0.15) is 11.1 Å². The predicted molar refractivity (Wildman–Crippen MR) is 171 cm³/mol. The van der Waals surface area contributed by atoms with E-state index in [1.54, 1.807) is 0 Å². The molecule has 0 bridgehead atoms. The van der Waals surface area contributed by atoms with E-state index in [2.05, 4.69) is 9.98 Å². The molecule has 0 fully saturated rings. The lowest BCUT2D eigenvalue weighted by Crippen LogP contribution is -2.16. The summed E-state index contributed by atoms with van der Waals surface area (Å²) in [6.07, 6.45) is 2.78. The number of aromatic hydroxyl groups is 3. The molecule has 3 aromatic rings. The van der Waals surface area contributed by atoms with Gasteiger partial charge in [-0.05, 0) is 48.5 Å². The number of benzene rings is 3. The number of ether oxygens (including phenoxy) is 6. The van der Waals surface area contributed by atoms with E-state index in [1.807, 2.05) is 0 Å². The van der Waals surface area contributed by atoms with Crippen LogP contribution in [0.5, 0.6) is 34.5 Å². The average molecular weight is 675 g/mol. The van der Waals surface area contributed by atoms with Crippen molar-refractivity contribution in [3.05, 3.63) is 65.7 Å². The van der Waals surface area contributed by atoms with Gasteiger partial charge in [-0.2, -0.15) is 8.42 Å². The number of nitrogens with zero attached hydrogens (tertiary/aromatic N) is 2. The Balaban J connectivity index is 1.38. The van der Waals surface area contributed by atoms with Gasteiger partial charge in [0.15, 0.2) is 11.5 Å². The first-order valence-electron chi connectivity index (χ1n) is 14.8. The molecule has 3 aromatic carbocycles. The van der Waals surface area contributed by atoms with Crippen molar-refractivity contribution in [2.24, 2.45) is 9.98 Å². The second kappa shape index (κ2) is 18.7. The van der Waals surface area contributed by atoms with Crippen LogP contribution >= 0.6 is 0 Å². The lowest BCUT2D eigenvalue weighted by molar-refractivity contribution is -0.00843. The Bertz CT molecular complexity index is 1600. The summed E-state index contributed by atoms with van der Waals surface area (Å²) in [5, 5.41) is 29.6. The van der Waals surface area contributed by atoms with Crippen molar-refractivity contribution < 1.29 is 56.3 Å². The summed E-state index contributed by atoms with van der Waals surface area (Å²) in [5.41, 5.74) is 0.584. The maximum absolute atomic E-state index is 13.2. The molecule has 4 rings (SSSR count).